The monoisotopic (exact) mass is 460 g/mol. The first kappa shape index (κ1) is 24.7. The Morgan fingerprint density at radius 3 is 2.03 bits per heavy atom. The van der Waals surface area contributed by atoms with E-state index in [2.05, 4.69) is 115 Å². The van der Waals surface area contributed by atoms with E-state index in [0.717, 1.165) is 6.54 Å². The van der Waals surface area contributed by atoms with Crippen LogP contribution in [0.5, 0.6) is 0 Å². The second kappa shape index (κ2) is 11.8. The molecular weight excluding hydrogens is 436 g/mol. The minimum Gasteiger partial charge on any atom is -0.378 e. The lowest BCUT2D eigenvalue weighted by atomic mass is 10.2. The second-order valence-electron chi connectivity index (χ2n) is 6.62. The number of para-hydroxylation sites is 1. The van der Waals surface area contributed by atoms with Gasteiger partial charge in [0.05, 0.1) is 0 Å². The number of nitrogens with zero attached hydrogens (tertiary/aromatic N) is 2. The molecule has 0 saturated carbocycles. The number of anilines is 1. The molecule has 1 aromatic heterocycles. The lowest BCUT2D eigenvalue weighted by Gasteiger charge is -2.17. The fraction of sp³-hybridized carbons (Fsp3) is 0.174. The summed E-state index contributed by atoms with van der Waals surface area (Å²) >= 11 is 1.83. The van der Waals surface area contributed by atoms with Gasteiger partial charge in [0.15, 0.2) is 0 Å². The number of halogens is 1. The van der Waals surface area contributed by atoms with Crippen LogP contribution in [0.3, 0.4) is 0 Å². The Kier molecular flexibility index (Phi) is 9.39. The maximum Gasteiger partial charge on any atom is 0.262 e. The lowest BCUT2D eigenvalue weighted by Crippen LogP contribution is -2.68. The topological polar surface area (TPSA) is 99.4 Å². The largest absolute Gasteiger partial charge is 0.378 e. The average Bonchev–Trinajstić information content (AvgIpc) is 3.07. The fourth-order valence-electron chi connectivity index (χ4n) is 2.82. The van der Waals surface area contributed by atoms with Gasteiger partial charge in [0.2, 0.25) is 5.52 Å². The Morgan fingerprint density at radius 1 is 0.871 bits per heavy atom. The molecule has 3 aromatic rings. The summed E-state index contributed by atoms with van der Waals surface area (Å²) in [5, 5.41) is 1.28. The van der Waals surface area contributed by atoms with Crippen molar-refractivity contribution in [1.29, 1.82) is 0 Å². The number of fused-ring (bicyclic) bond motifs is 1. The molecule has 0 radical (unpaired) electrons. The molecule has 2 aromatic carbocycles. The number of hydrogen-bond donors (Lipinski definition) is 0. The van der Waals surface area contributed by atoms with Gasteiger partial charge >= 0.3 is 0 Å². The molecule has 0 atom stereocenters. The predicted molar refractivity (Wildman–Crippen MR) is 116 cm³/mol. The van der Waals surface area contributed by atoms with E-state index in [9.17, 15) is 0 Å². The molecule has 0 spiro atoms. The van der Waals surface area contributed by atoms with Crippen LogP contribution in [0, 0.1) is 10.2 Å². The number of hydrogen-bond acceptors (Lipinski definition) is 6. The summed E-state index contributed by atoms with van der Waals surface area (Å²) in [5.41, 5.74) is 3.73. The molecule has 0 unspecified atom stereocenters. The van der Waals surface area contributed by atoms with Crippen molar-refractivity contribution in [3.63, 3.8) is 0 Å². The third-order valence-electron chi connectivity index (χ3n) is 4.22. The van der Waals surface area contributed by atoms with Gasteiger partial charge in [-0.05, 0) is 30.7 Å². The Labute approximate surface area is 188 Å². The van der Waals surface area contributed by atoms with Crippen molar-refractivity contribution in [2.24, 2.45) is 0 Å². The van der Waals surface area contributed by atoms with Crippen LogP contribution in [-0.4, -0.2) is 14.1 Å². The first-order valence-corrected chi connectivity index (χ1v) is 11.6. The van der Waals surface area contributed by atoms with Crippen LogP contribution in [0.1, 0.15) is 17.5 Å². The van der Waals surface area contributed by atoms with Gasteiger partial charge in [0.25, 0.3) is 5.01 Å². The molecule has 0 amide bonds. The van der Waals surface area contributed by atoms with E-state index in [-0.39, 0.29) is 0 Å². The van der Waals surface area contributed by atoms with Gasteiger partial charge in [-0.2, -0.15) is 4.57 Å². The van der Waals surface area contributed by atoms with E-state index in [1.807, 2.05) is 11.3 Å². The maximum absolute atomic E-state index is 8.49. The highest BCUT2D eigenvalue weighted by Crippen LogP contribution is 2.21. The molecule has 1 heterocycles. The van der Waals surface area contributed by atoms with E-state index in [4.69, 9.17) is 18.6 Å². The third-order valence-corrected chi connectivity index (χ3v) is 5.35. The van der Waals surface area contributed by atoms with Crippen LogP contribution in [-0.2, 0) is 6.54 Å². The number of aromatic nitrogens is 1. The summed E-state index contributed by atoms with van der Waals surface area (Å²) in [4.78, 5) is 2.11. The molecule has 0 fully saturated rings. The molecule has 31 heavy (non-hydrogen) atoms. The van der Waals surface area contributed by atoms with E-state index in [0.29, 0.717) is 0 Å². The Hall–Kier alpha value is -2.52. The average molecular weight is 461 g/mol. The summed E-state index contributed by atoms with van der Waals surface area (Å²) in [7, 11) is -0.836. The minimum absolute atomic E-state index is 0.982. The predicted octanol–water partition coefficient (Wildman–Crippen LogP) is 0.802. The number of thiazole rings is 1. The SMILES string of the molecule is CC[n+]1c(C=CC=CC=Cc2ccc(N(C)C)cc2)sc2ccccc21.[O-][Cl+3]([O-])([O-])[O-]. The van der Waals surface area contributed by atoms with Crippen LogP contribution in [0.15, 0.2) is 72.8 Å². The van der Waals surface area contributed by atoms with Gasteiger partial charge in [0, 0.05) is 31.9 Å². The van der Waals surface area contributed by atoms with Crippen LogP contribution in [0.25, 0.3) is 22.4 Å². The van der Waals surface area contributed by atoms with Gasteiger partial charge in [-0.15, -0.1) is 10.2 Å². The smallest absolute Gasteiger partial charge is 0.262 e. The quantitative estimate of drug-likeness (QED) is 0.400. The van der Waals surface area contributed by atoms with Crippen molar-refractivity contribution < 1.29 is 33.4 Å². The van der Waals surface area contributed by atoms with Crippen molar-refractivity contribution >= 4 is 39.4 Å². The molecule has 0 aliphatic heterocycles. The zero-order chi connectivity index (χ0) is 22.9. The molecule has 0 aliphatic rings. The van der Waals surface area contributed by atoms with E-state index in [1.165, 1.54) is 26.5 Å². The Bertz CT molecular complexity index is 1050. The molecule has 8 heteroatoms. The summed E-state index contributed by atoms with van der Waals surface area (Å²) in [5.74, 6) is 0. The van der Waals surface area contributed by atoms with E-state index < -0.39 is 10.2 Å². The fourth-order valence-corrected chi connectivity index (χ4v) is 3.96. The molecule has 0 N–H and O–H groups in total. The summed E-state index contributed by atoms with van der Waals surface area (Å²) in [6.45, 7) is 3.17. The summed E-state index contributed by atoms with van der Waals surface area (Å²) in [6, 6.07) is 17.1. The lowest BCUT2D eigenvalue weighted by molar-refractivity contribution is -2.00. The molecule has 0 saturated heterocycles. The molecule has 0 bridgehead atoms. The van der Waals surface area contributed by atoms with Crippen molar-refractivity contribution in [2.45, 2.75) is 13.5 Å². The van der Waals surface area contributed by atoms with Crippen molar-refractivity contribution in [3.8, 4) is 0 Å². The van der Waals surface area contributed by atoms with Gasteiger partial charge in [-0.1, -0.05) is 66.0 Å². The molecule has 164 valence electrons. The molecule has 6 nitrogen and oxygen atoms in total. The number of benzene rings is 2. The van der Waals surface area contributed by atoms with Crippen molar-refractivity contribution in [3.05, 3.63) is 83.4 Å². The first-order chi connectivity index (χ1) is 14.7. The standard InChI is InChI=1S/C23H25N2S.ClHO4/c1-4-25-21-12-9-10-13-22(21)26-23(25)14-8-6-5-7-11-19-15-17-20(18-16-19)24(2)3;2-1(3,4)5/h5-18H,4H2,1-3H3;(H,2,3,4,5)/q+1;/p-1. The van der Waals surface area contributed by atoms with Gasteiger partial charge in [-0.3, -0.25) is 0 Å². The second-order valence-corrected chi connectivity index (χ2v) is 8.44. The van der Waals surface area contributed by atoms with Crippen LogP contribution < -0.4 is 28.1 Å². The minimum atomic E-state index is -4.94. The number of rotatable bonds is 6. The zero-order valence-corrected chi connectivity index (χ0v) is 19.2. The van der Waals surface area contributed by atoms with Crippen molar-refractivity contribution in [2.75, 3.05) is 19.0 Å². The molecular formula is C23H25ClN2O4S. The normalized spacial score (nSPS) is 12.1. The van der Waals surface area contributed by atoms with Crippen molar-refractivity contribution in [1.82, 2.24) is 0 Å². The van der Waals surface area contributed by atoms with Gasteiger partial charge in [-0.25, -0.2) is 18.6 Å². The first-order valence-electron chi connectivity index (χ1n) is 9.51. The summed E-state index contributed by atoms with van der Waals surface area (Å²) < 4.78 is 37.7. The molecule has 3 rings (SSSR count). The van der Waals surface area contributed by atoms with Gasteiger partial charge < -0.3 is 4.90 Å². The molecule has 0 aliphatic carbocycles. The maximum atomic E-state index is 8.49. The Morgan fingerprint density at radius 2 is 1.45 bits per heavy atom. The highest BCUT2D eigenvalue weighted by atomic mass is 35.7. The number of allylic oxidation sites excluding steroid dienone is 4. The number of aryl methyl sites for hydroxylation is 1. The van der Waals surface area contributed by atoms with E-state index >= 15 is 0 Å². The van der Waals surface area contributed by atoms with E-state index in [1.54, 1.807) is 0 Å². The van der Waals surface area contributed by atoms with Crippen LogP contribution in [0.2, 0.25) is 0 Å². The zero-order valence-electron chi connectivity index (χ0n) is 17.6. The third kappa shape index (κ3) is 8.63. The highest BCUT2D eigenvalue weighted by molar-refractivity contribution is 7.18. The Balaban J connectivity index is 0.000000614. The summed E-state index contributed by atoms with van der Waals surface area (Å²) in [6.07, 6.45) is 12.6. The van der Waals surface area contributed by atoms with Gasteiger partial charge in [0.1, 0.15) is 11.2 Å². The highest BCUT2D eigenvalue weighted by Gasteiger charge is 2.15. The van der Waals surface area contributed by atoms with Crippen LogP contribution >= 0.6 is 11.3 Å². The van der Waals surface area contributed by atoms with Crippen LogP contribution in [0.4, 0.5) is 5.69 Å².